The van der Waals surface area contributed by atoms with Gasteiger partial charge in [-0.1, -0.05) is 18.2 Å². The van der Waals surface area contributed by atoms with Crippen LogP contribution in [0.25, 0.3) is 0 Å². The summed E-state index contributed by atoms with van der Waals surface area (Å²) in [6, 6.07) is 9.46. The topological polar surface area (TPSA) is 53.2 Å². The van der Waals surface area contributed by atoms with E-state index in [1.807, 2.05) is 24.3 Å². The van der Waals surface area contributed by atoms with E-state index in [2.05, 4.69) is 6.07 Å². The molecule has 3 heteroatoms. The van der Waals surface area contributed by atoms with Crippen molar-refractivity contribution in [1.82, 2.24) is 0 Å². The number of hydrogen-bond acceptors (Lipinski definition) is 3. The van der Waals surface area contributed by atoms with Crippen molar-refractivity contribution >= 4 is 0 Å². The maximum Gasteiger partial charge on any atom is 0.125 e. The van der Waals surface area contributed by atoms with Gasteiger partial charge in [-0.25, -0.2) is 0 Å². The summed E-state index contributed by atoms with van der Waals surface area (Å²) < 4.78 is 5.45. The highest BCUT2D eigenvalue weighted by molar-refractivity contribution is 5.37. The first-order chi connectivity index (χ1) is 6.83. The highest BCUT2D eigenvalue weighted by Crippen LogP contribution is 2.36. The third kappa shape index (κ3) is 1.45. The van der Waals surface area contributed by atoms with E-state index in [9.17, 15) is 5.11 Å². The van der Waals surface area contributed by atoms with E-state index in [1.54, 1.807) is 0 Å². The number of benzene rings is 1. The molecule has 0 amide bonds. The summed E-state index contributed by atoms with van der Waals surface area (Å²) in [7, 11) is 0. The van der Waals surface area contributed by atoms with Crippen LogP contribution in [-0.4, -0.2) is 11.7 Å². The van der Waals surface area contributed by atoms with Gasteiger partial charge in [0, 0.05) is 17.9 Å². The largest absolute Gasteiger partial charge is 0.493 e. The molecule has 1 aromatic carbocycles. The van der Waals surface area contributed by atoms with Gasteiger partial charge in [0.15, 0.2) is 0 Å². The molecule has 0 spiro atoms. The molecule has 0 fully saturated rings. The molecule has 0 unspecified atom stereocenters. The summed E-state index contributed by atoms with van der Waals surface area (Å²) >= 11 is 0. The van der Waals surface area contributed by atoms with Gasteiger partial charge in [-0.3, -0.25) is 0 Å². The molecule has 0 radical (unpaired) electrons. The molecule has 0 aliphatic carbocycles. The third-order valence-electron chi connectivity index (χ3n) is 2.49. The van der Waals surface area contributed by atoms with E-state index < -0.39 is 6.10 Å². The second-order valence-corrected chi connectivity index (χ2v) is 3.42. The molecule has 14 heavy (non-hydrogen) atoms. The molecule has 0 saturated carbocycles. The van der Waals surface area contributed by atoms with Gasteiger partial charge in [-0.15, -0.1) is 0 Å². The number of nitrogens with zero attached hydrogens (tertiary/aromatic N) is 1. The first-order valence-corrected chi connectivity index (χ1v) is 4.59. The summed E-state index contributed by atoms with van der Waals surface area (Å²) in [6.07, 6.45) is -0.241. The smallest absolute Gasteiger partial charge is 0.125 e. The number of hydrogen-bond donors (Lipinski definition) is 1. The van der Waals surface area contributed by atoms with Crippen molar-refractivity contribution in [2.75, 3.05) is 6.61 Å². The lowest BCUT2D eigenvalue weighted by molar-refractivity contribution is 0.0530. The number of aliphatic hydroxyl groups is 1. The number of para-hydroxylation sites is 1. The average molecular weight is 189 g/mol. The van der Waals surface area contributed by atoms with Crippen LogP contribution in [0.1, 0.15) is 18.1 Å². The van der Waals surface area contributed by atoms with E-state index in [-0.39, 0.29) is 5.92 Å². The van der Waals surface area contributed by atoms with Crippen LogP contribution in [0.5, 0.6) is 5.75 Å². The highest BCUT2D eigenvalue weighted by atomic mass is 16.5. The van der Waals surface area contributed by atoms with E-state index in [1.165, 1.54) is 0 Å². The molecule has 3 nitrogen and oxygen atoms in total. The molecular formula is C11H11NO2. The minimum absolute atomic E-state index is 0.102. The maximum atomic E-state index is 9.92. The lowest BCUT2D eigenvalue weighted by Crippen LogP contribution is -2.25. The van der Waals surface area contributed by atoms with E-state index in [4.69, 9.17) is 10.00 Å². The molecule has 1 aromatic rings. The fourth-order valence-corrected chi connectivity index (χ4v) is 1.69. The Labute approximate surface area is 82.6 Å². The van der Waals surface area contributed by atoms with Crippen molar-refractivity contribution in [1.29, 1.82) is 5.26 Å². The summed E-state index contributed by atoms with van der Waals surface area (Å²) in [5, 5.41) is 18.5. The number of fused-ring (bicyclic) bond motifs is 1. The van der Waals surface area contributed by atoms with Crippen LogP contribution in [0.4, 0.5) is 0 Å². The minimum atomic E-state index is -0.570. The Kier molecular flexibility index (Phi) is 2.38. The van der Waals surface area contributed by atoms with Crippen molar-refractivity contribution < 1.29 is 9.84 Å². The second kappa shape index (κ2) is 3.69. The van der Waals surface area contributed by atoms with E-state index in [0.29, 0.717) is 13.0 Å². The van der Waals surface area contributed by atoms with Crippen LogP contribution < -0.4 is 4.74 Å². The fraction of sp³-hybridized carbons (Fsp3) is 0.364. The zero-order valence-corrected chi connectivity index (χ0v) is 7.68. The zero-order valence-electron chi connectivity index (χ0n) is 7.68. The van der Waals surface area contributed by atoms with Gasteiger partial charge in [0.2, 0.25) is 0 Å². The average Bonchev–Trinajstić information content (AvgIpc) is 2.23. The predicted molar refractivity (Wildman–Crippen MR) is 50.6 cm³/mol. The van der Waals surface area contributed by atoms with Crippen molar-refractivity contribution in [3.63, 3.8) is 0 Å². The normalized spacial score (nSPS) is 24.6. The van der Waals surface area contributed by atoms with Gasteiger partial charge in [0.25, 0.3) is 0 Å². The van der Waals surface area contributed by atoms with Gasteiger partial charge < -0.3 is 9.84 Å². The molecule has 1 N–H and O–H groups in total. The number of aliphatic hydroxyl groups excluding tert-OH is 1. The van der Waals surface area contributed by atoms with Crippen molar-refractivity contribution in [2.45, 2.75) is 12.5 Å². The summed E-state index contributed by atoms with van der Waals surface area (Å²) in [4.78, 5) is 0. The Balaban J connectivity index is 2.28. The van der Waals surface area contributed by atoms with Gasteiger partial charge >= 0.3 is 0 Å². The van der Waals surface area contributed by atoms with Gasteiger partial charge in [-0.2, -0.15) is 5.26 Å². The van der Waals surface area contributed by atoms with Crippen molar-refractivity contribution in [2.24, 2.45) is 5.92 Å². The predicted octanol–water partition coefficient (Wildman–Crippen LogP) is 1.64. The van der Waals surface area contributed by atoms with Gasteiger partial charge in [-0.05, 0) is 6.07 Å². The molecular weight excluding hydrogens is 178 g/mol. The number of nitriles is 1. The molecule has 2 rings (SSSR count). The van der Waals surface area contributed by atoms with Crippen LogP contribution in [0.3, 0.4) is 0 Å². The Morgan fingerprint density at radius 1 is 1.50 bits per heavy atom. The molecule has 0 bridgehead atoms. The lowest BCUT2D eigenvalue weighted by Gasteiger charge is -2.28. The van der Waals surface area contributed by atoms with E-state index >= 15 is 0 Å². The quantitative estimate of drug-likeness (QED) is 0.730. The van der Waals surface area contributed by atoms with Crippen molar-refractivity contribution in [3.8, 4) is 11.8 Å². The molecule has 72 valence electrons. The Bertz CT molecular complexity index is 370. The maximum absolute atomic E-state index is 9.92. The number of ether oxygens (including phenoxy) is 1. The number of rotatable bonds is 1. The first-order valence-electron chi connectivity index (χ1n) is 4.59. The lowest BCUT2D eigenvalue weighted by atomic mass is 9.91. The van der Waals surface area contributed by atoms with Gasteiger partial charge in [0.1, 0.15) is 5.75 Å². The monoisotopic (exact) mass is 189 g/mol. The van der Waals surface area contributed by atoms with Gasteiger partial charge in [0.05, 0.1) is 18.8 Å². The summed E-state index contributed by atoms with van der Waals surface area (Å²) in [5.74, 6) is 0.629. The van der Waals surface area contributed by atoms with Crippen LogP contribution in [0.2, 0.25) is 0 Å². The minimum Gasteiger partial charge on any atom is -0.493 e. The standard InChI is InChI=1S/C11H11NO2/c12-6-5-8-7-14-10-4-2-1-3-9(10)11(8)13/h1-4,8,11,13H,5,7H2/t8-,11-/m1/s1. The molecule has 0 saturated heterocycles. The molecule has 2 atom stereocenters. The molecule has 1 heterocycles. The highest BCUT2D eigenvalue weighted by Gasteiger charge is 2.28. The van der Waals surface area contributed by atoms with Crippen LogP contribution >= 0.6 is 0 Å². The zero-order chi connectivity index (χ0) is 9.97. The second-order valence-electron chi connectivity index (χ2n) is 3.42. The molecule has 0 aromatic heterocycles. The first kappa shape index (κ1) is 9.04. The molecule has 1 aliphatic rings. The Hall–Kier alpha value is -1.53. The van der Waals surface area contributed by atoms with Crippen LogP contribution in [0, 0.1) is 17.2 Å². The SMILES string of the molecule is N#CC[C@@H]1COc2ccccc2[C@@H]1O. The fourth-order valence-electron chi connectivity index (χ4n) is 1.69. The molecule has 1 aliphatic heterocycles. The Morgan fingerprint density at radius 2 is 2.29 bits per heavy atom. The summed E-state index contributed by atoms with van der Waals surface area (Å²) in [6.45, 7) is 0.422. The van der Waals surface area contributed by atoms with Crippen LogP contribution in [-0.2, 0) is 0 Å². The van der Waals surface area contributed by atoms with Crippen molar-refractivity contribution in [3.05, 3.63) is 29.8 Å². The Morgan fingerprint density at radius 3 is 3.07 bits per heavy atom. The third-order valence-corrected chi connectivity index (χ3v) is 2.49. The van der Waals surface area contributed by atoms with Crippen LogP contribution in [0.15, 0.2) is 24.3 Å². The summed E-state index contributed by atoms with van der Waals surface area (Å²) in [5.41, 5.74) is 0.791. The van der Waals surface area contributed by atoms with E-state index in [0.717, 1.165) is 11.3 Å².